The van der Waals surface area contributed by atoms with Crippen molar-refractivity contribution in [1.29, 1.82) is 0 Å². The van der Waals surface area contributed by atoms with Crippen molar-refractivity contribution in [3.63, 3.8) is 0 Å². The van der Waals surface area contributed by atoms with Gasteiger partial charge in [0.2, 0.25) is 3.70 Å². The molecule has 3 nitrogen and oxygen atoms in total. The molecule has 0 aliphatic carbocycles. The highest BCUT2D eigenvalue weighted by molar-refractivity contribution is 14.1. The first-order valence-electron chi connectivity index (χ1n) is 1.99. The van der Waals surface area contributed by atoms with E-state index in [0.29, 0.717) is 4.73 Å². The van der Waals surface area contributed by atoms with Crippen molar-refractivity contribution in [2.75, 3.05) is 0 Å². The molecule has 0 saturated heterocycles. The molecule has 0 saturated carbocycles. The molecule has 0 atom stereocenters. The Labute approximate surface area is 60.1 Å². The fourth-order valence-electron chi connectivity index (χ4n) is 0.329. The van der Waals surface area contributed by atoms with E-state index < -0.39 is 0 Å². The molecule has 42 valence electrons. The minimum atomic E-state index is 0.655. The van der Waals surface area contributed by atoms with Crippen LogP contribution in [0.3, 0.4) is 0 Å². The van der Waals surface area contributed by atoms with Crippen molar-refractivity contribution in [2.24, 2.45) is 0 Å². The molecule has 0 aliphatic heterocycles. The van der Waals surface area contributed by atoms with Gasteiger partial charge in [0.05, 0.1) is 6.20 Å². The number of hydrogen-bond acceptors (Lipinski definition) is 2. The Kier molecular flexibility index (Phi) is 1.62. The summed E-state index contributed by atoms with van der Waals surface area (Å²) in [4.78, 5) is 3.72. The lowest BCUT2D eigenvalue weighted by atomic mass is 10.7. The molecule has 0 radical (unpaired) electrons. The average molecular weight is 222 g/mol. The number of rotatable bonds is 0. The van der Waals surface area contributed by atoms with Crippen molar-refractivity contribution >= 4 is 22.6 Å². The van der Waals surface area contributed by atoms with Gasteiger partial charge in [0.15, 0.2) is 0 Å². The summed E-state index contributed by atoms with van der Waals surface area (Å²) < 4.78 is 1.48. The second kappa shape index (κ2) is 2.25. The molecule has 0 bridgehead atoms. The van der Waals surface area contributed by atoms with Crippen LogP contribution in [0.25, 0.3) is 0 Å². The van der Waals surface area contributed by atoms with Crippen LogP contribution in [0.2, 0.25) is 0 Å². The van der Waals surface area contributed by atoms with Crippen molar-refractivity contribution in [1.82, 2.24) is 4.98 Å². The van der Waals surface area contributed by atoms with E-state index in [9.17, 15) is 5.21 Å². The zero-order chi connectivity index (χ0) is 5.98. The molecule has 8 heavy (non-hydrogen) atoms. The fourth-order valence-corrected chi connectivity index (χ4v) is 0.614. The number of halogens is 1. The lowest BCUT2D eigenvalue weighted by molar-refractivity contribution is -0.609. The normalized spacial score (nSPS) is 9.12. The molecule has 1 heterocycles. The van der Waals surface area contributed by atoms with E-state index in [1.54, 1.807) is 6.07 Å². The first-order chi connectivity index (χ1) is 3.79. The lowest BCUT2D eigenvalue weighted by Gasteiger charge is -1.93. The van der Waals surface area contributed by atoms with Gasteiger partial charge in [0.25, 0.3) is 6.33 Å². The molecule has 0 N–H and O–H groups in total. The summed E-state index contributed by atoms with van der Waals surface area (Å²) in [6, 6.07) is 1.65. The number of nitrogens with zero attached hydrogens (tertiary/aromatic N) is 2. The Morgan fingerprint density at radius 2 is 2.50 bits per heavy atom. The second-order valence-corrected chi connectivity index (χ2v) is 2.35. The zero-order valence-electron chi connectivity index (χ0n) is 3.91. The second-order valence-electron chi connectivity index (χ2n) is 1.24. The Morgan fingerprint density at radius 3 is 2.88 bits per heavy atom. The predicted molar refractivity (Wildman–Crippen MR) is 35.9 cm³/mol. The zero-order valence-corrected chi connectivity index (χ0v) is 6.07. The third kappa shape index (κ3) is 1.29. The van der Waals surface area contributed by atoms with Crippen LogP contribution in [0.1, 0.15) is 0 Å². The molecule has 0 unspecified atom stereocenters. The highest BCUT2D eigenvalue weighted by Crippen LogP contribution is 1.92. The molecule has 0 spiro atoms. The summed E-state index contributed by atoms with van der Waals surface area (Å²) in [5.41, 5.74) is 0. The Bertz CT molecular complexity index is 153. The molecule has 1 rings (SSSR count). The molecule has 1 aromatic rings. The minimum Gasteiger partial charge on any atom is -0.711 e. The summed E-state index contributed by atoms with van der Waals surface area (Å²) in [6.07, 6.45) is 2.64. The van der Waals surface area contributed by atoms with E-state index >= 15 is 0 Å². The fraction of sp³-hybridized carbons (Fsp3) is 0. The van der Waals surface area contributed by atoms with Crippen molar-refractivity contribution in [3.05, 3.63) is 27.5 Å². The van der Waals surface area contributed by atoms with Gasteiger partial charge in [-0.2, -0.15) is 0 Å². The Balaban J connectivity index is 3.03. The molecular formula is C4H3IN2O. The average Bonchev–Trinajstić information content (AvgIpc) is 1.77. The summed E-state index contributed by atoms with van der Waals surface area (Å²) >= 11 is 2.03. The first-order valence-corrected chi connectivity index (χ1v) is 3.07. The van der Waals surface area contributed by atoms with Crippen LogP contribution < -0.4 is 4.73 Å². The van der Waals surface area contributed by atoms with Gasteiger partial charge >= 0.3 is 0 Å². The highest BCUT2D eigenvalue weighted by atomic mass is 127. The van der Waals surface area contributed by atoms with Crippen LogP contribution in [-0.2, 0) is 0 Å². The van der Waals surface area contributed by atoms with E-state index in [0.717, 1.165) is 3.70 Å². The Morgan fingerprint density at radius 1 is 1.75 bits per heavy atom. The molecular weight excluding hydrogens is 219 g/mol. The first kappa shape index (κ1) is 5.74. The summed E-state index contributed by atoms with van der Waals surface area (Å²) in [7, 11) is 0. The van der Waals surface area contributed by atoms with E-state index in [1.807, 2.05) is 22.6 Å². The van der Waals surface area contributed by atoms with E-state index in [1.165, 1.54) is 12.5 Å². The maximum absolute atomic E-state index is 10.3. The number of hydrogen-bond donors (Lipinski definition) is 0. The molecule has 0 amide bonds. The summed E-state index contributed by atoms with van der Waals surface area (Å²) in [5.74, 6) is 0. The maximum Gasteiger partial charge on any atom is 0.290 e. The smallest absolute Gasteiger partial charge is 0.290 e. The summed E-state index contributed by atoms with van der Waals surface area (Å²) in [6.45, 7) is 0. The predicted octanol–water partition coefficient (Wildman–Crippen LogP) is 0.320. The maximum atomic E-state index is 10.3. The van der Waals surface area contributed by atoms with Crippen molar-refractivity contribution in [2.45, 2.75) is 0 Å². The van der Waals surface area contributed by atoms with Gasteiger partial charge in [-0.05, 0) is 4.98 Å². The topological polar surface area (TPSA) is 39.8 Å². The van der Waals surface area contributed by atoms with Gasteiger partial charge in [-0.25, -0.2) is 4.73 Å². The van der Waals surface area contributed by atoms with Crippen LogP contribution in [-0.4, -0.2) is 4.98 Å². The van der Waals surface area contributed by atoms with Gasteiger partial charge in [-0.1, -0.05) is 0 Å². The molecule has 0 aromatic carbocycles. The summed E-state index contributed by atoms with van der Waals surface area (Å²) in [5, 5.41) is 10.3. The van der Waals surface area contributed by atoms with Gasteiger partial charge in [-0.3, -0.25) is 0 Å². The van der Waals surface area contributed by atoms with E-state index in [2.05, 4.69) is 4.98 Å². The molecule has 1 aromatic heterocycles. The van der Waals surface area contributed by atoms with Gasteiger partial charge in [0.1, 0.15) is 0 Å². The van der Waals surface area contributed by atoms with Crippen molar-refractivity contribution in [3.8, 4) is 0 Å². The van der Waals surface area contributed by atoms with Crippen LogP contribution in [0.5, 0.6) is 0 Å². The standard InChI is InChI=1S/C4H3IN2O/c5-4-1-2-7(8)3-6-4/h1-3H. The number of aromatic nitrogens is 2. The quantitative estimate of drug-likeness (QED) is 0.274. The third-order valence-corrected chi connectivity index (χ3v) is 1.29. The monoisotopic (exact) mass is 222 g/mol. The Hall–Kier alpha value is -0.390. The van der Waals surface area contributed by atoms with Crippen LogP contribution in [0.4, 0.5) is 0 Å². The molecule has 0 fully saturated rings. The largest absolute Gasteiger partial charge is 0.711 e. The van der Waals surface area contributed by atoms with Crippen LogP contribution in [0.15, 0.2) is 18.6 Å². The molecule has 4 heteroatoms. The SMILES string of the molecule is [O-][n+]1ccc(I)nc1. The van der Waals surface area contributed by atoms with E-state index in [-0.39, 0.29) is 0 Å². The lowest BCUT2D eigenvalue weighted by Crippen LogP contribution is -2.24. The van der Waals surface area contributed by atoms with Gasteiger partial charge in [-0.15, -0.1) is 0 Å². The van der Waals surface area contributed by atoms with Crippen LogP contribution in [0, 0.1) is 8.91 Å². The van der Waals surface area contributed by atoms with Gasteiger partial charge < -0.3 is 5.21 Å². The van der Waals surface area contributed by atoms with Crippen molar-refractivity contribution < 1.29 is 4.73 Å². The van der Waals surface area contributed by atoms with Gasteiger partial charge in [0, 0.05) is 28.7 Å². The third-order valence-electron chi connectivity index (χ3n) is 0.654. The van der Waals surface area contributed by atoms with Crippen LogP contribution >= 0.6 is 22.6 Å². The molecule has 0 aliphatic rings. The van der Waals surface area contributed by atoms with E-state index in [4.69, 9.17) is 0 Å². The highest BCUT2D eigenvalue weighted by Gasteiger charge is 1.89. The minimum absolute atomic E-state index is 0.655.